The molecule has 26 heavy (non-hydrogen) atoms. The van der Waals surface area contributed by atoms with E-state index in [1.807, 2.05) is 52.0 Å². The zero-order valence-electron chi connectivity index (χ0n) is 15.3. The van der Waals surface area contributed by atoms with Gasteiger partial charge < -0.3 is 5.32 Å². The molecule has 1 aromatic heterocycles. The summed E-state index contributed by atoms with van der Waals surface area (Å²) in [5.41, 5.74) is 1.88. The van der Waals surface area contributed by atoms with E-state index >= 15 is 0 Å². The average Bonchev–Trinajstić information content (AvgIpc) is 2.81. The van der Waals surface area contributed by atoms with Crippen molar-refractivity contribution in [1.82, 2.24) is 9.36 Å². The normalized spacial score (nSPS) is 11.7. The van der Waals surface area contributed by atoms with Crippen molar-refractivity contribution in [2.45, 2.75) is 39.8 Å². The Morgan fingerprint density at radius 1 is 1.12 bits per heavy atom. The van der Waals surface area contributed by atoms with Crippen LogP contribution in [0, 0.1) is 6.92 Å². The summed E-state index contributed by atoms with van der Waals surface area (Å²) < 4.78 is 3.32. The van der Waals surface area contributed by atoms with Crippen LogP contribution in [0.25, 0.3) is 10.9 Å². The number of carbonyl (C=O) groups is 1. The molecule has 1 heterocycles. The quantitative estimate of drug-likeness (QED) is 0.751. The highest BCUT2D eigenvalue weighted by Gasteiger charge is 2.24. The fraction of sp³-hybridized carbons (Fsp3) is 0.300. The van der Waals surface area contributed by atoms with E-state index in [9.17, 15) is 9.59 Å². The Labute approximate surface area is 157 Å². The number of amides is 1. The summed E-state index contributed by atoms with van der Waals surface area (Å²) in [5, 5.41) is 3.95. The second-order valence-corrected chi connectivity index (χ2v) is 7.86. The minimum atomic E-state index is -0.479. The highest BCUT2D eigenvalue weighted by Crippen LogP contribution is 2.22. The van der Waals surface area contributed by atoms with Crippen LogP contribution >= 0.6 is 11.6 Å². The van der Waals surface area contributed by atoms with Gasteiger partial charge in [0.05, 0.1) is 16.4 Å². The molecular weight excluding hydrogens is 350 g/mol. The second-order valence-electron chi connectivity index (χ2n) is 7.42. The third-order valence-electron chi connectivity index (χ3n) is 4.17. The molecule has 0 atom stereocenters. The topological polar surface area (TPSA) is 56.0 Å². The Morgan fingerprint density at radius 2 is 1.77 bits per heavy atom. The molecule has 0 aliphatic carbocycles. The first-order chi connectivity index (χ1) is 12.2. The monoisotopic (exact) mass is 371 g/mol. The van der Waals surface area contributed by atoms with Crippen molar-refractivity contribution in [2.24, 2.45) is 0 Å². The van der Waals surface area contributed by atoms with E-state index in [1.165, 1.54) is 0 Å². The van der Waals surface area contributed by atoms with E-state index in [4.69, 9.17) is 11.6 Å². The van der Waals surface area contributed by atoms with E-state index in [0.717, 1.165) is 11.3 Å². The zero-order chi connectivity index (χ0) is 19.1. The summed E-state index contributed by atoms with van der Waals surface area (Å²) >= 11 is 6.12. The van der Waals surface area contributed by atoms with Gasteiger partial charge in [-0.2, -0.15) is 0 Å². The molecule has 0 fully saturated rings. The fourth-order valence-corrected chi connectivity index (χ4v) is 3.19. The van der Waals surface area contributed by atoms with E-state index in [0.29, 0.717) is 15.9 Å². The Hall–Kier alpha value is -2.53. The standard InChI is InChI=1S/C20H22ClN3O2/c1-13-5-8-15(9-6-13)22-18(25)12-23-17-11-14(21)7-10-16(17)19(26)24(23)20(2,3)4/h5-11H,12H2,1-4H3,(H,22,25). The summed E-state index contributed by atoms with van der Waals surface area (Å²) in [4.78, 5) is 25.5. The molecule has 5 nitrogen and oxygen atoms in total. The third-order valence-corrected chi connectivity index (χ3v) is 4.40. The number of aromatic nitrogens is 2. The smallest absolute Gasteiger partial charge is 0.275 e. The number of anilines is 1. The number of fused-ring (bicyclic) bond motifs is 1. The summed E-state index contributed by atoms with van der Waals surface area (Å²) in [6.45, 7) is 7.81. The van der Waals surface area contributed by atoms with Crippen molar-refractivity contribution in [3.05, 3.63) is 63.4 Å². The molecule has 0 aliphatic heterocycles. The van der Waals surface area contributed by atoms with Crippen LogP contribution in [0.1, 0.15) is 26.3 Å². The number of rotatable bonds is 3. The molecule has 1 amide bonds. The molecule has 0 bridgehead atoms. The molecule has 6 heteroatoms. The van der Waals surface area contributed by atoms with Gasteiger partial charge >= 0.3 is 0 Å². The largest absolute Gasteiger partial charge is 0.324 e. The SMILES string of the molecule is Cc1ccc(NC(=O)Cn2c3cc(Cl)ccc3c(=O)n2C(C)(C)C)cc1. The molecule has 136 valence electrons. The zero-order valence-corrected chi connectivity index (χ0v) is 16.1. The number of carbonyl (C=O) groups excluding carboxylic acids is 1. The van der Waals surface area contributed by atoms with Gasteiger partial charge in [0.1, 0.15) is 6.54 Å². The number of nitrogens with one attached hydrogen (secondary N) is 1. The second kappa shape index (κ2) is 6.65. The van der Waals surface area contributed by atoms with Crippen LogP contribution in [0.5, 0.6) is 0 Å². The fourth-order valence-electron chi connectivity index (χ4n) is 3.03. The van der Waals surface area contributed by atoms with Gasteiger partial charge in [0.25, 0.3) is 5.56 Å². The number of hydrogen-bond acceptors (Lipinski definition) is 2. The van der Waals surface area contributed by atoms with Crippen molar-refractivity contribution >= 4 is 34.1 Å². The number of hydrogen-bond donors (Lipinski definition) is 1. The van der Waals surface area contributed by atoms with Crippen LogP contribution in [0.2, 0.25) is 5.02 Å². The van der Waals surface area contributed by atoms with Crippen molar-refractivity contribution < 1.29 is 4.79 Å². The van der Waals surface area contributed by atoms with Crippen molar-refractivity contribution in [2.75, 3.05) is 5.32 Å². The maximum Gasteiger partial charge on any atom is 0.275 e. The molecule has 0 saturated heterocycles. The van der Waals surface area contributed by atoms with E-state index in [2.05, 4.69) is 5.32 Å². The predicted octanol–water partition coefficient (Wildman–Crippen LogP) is 4.16. The van der Waals surface area contributed by atoms with Crippen LogP contribution in [0.4, 0.5) is 5.69 Å². The molecule has 0 unspecified atom stereocenters. The molecule has 1 N–H and O–H groups in total. The first-order valence-corrected chi connectivity index (χ1v) is 8.83. The van der Waals surface area contributed by atoms with Crippen LogP contribution in [0.15, 0.2) is 47.3 Å². The first-order valence-electron chi connectivity index (χ1n) is 8.45. The van der Waals surface area contributed by atoms with Gasteiger partial charge in [0, 0.05) is 10.7 Å². The van der Waals surface area contributed by atoms with Crippen LogP contribution in [-0.4, -0.2) is 15.3 Å². The van der Waals surface area contributed by atoms with Crippen molar-refractivity contribution in [3.63, 3.8) is 0 Å². The van der Waals surface area contributed by atoms with Gasteiger partial charge in [-0.3, -0.25) is 14.3 Å². The number of halogens is 1. The van der Waals surface area contributed by atoms with Crippen molar-refractivity contribution in [1.29, 1.82) is 0 Å². The lowest BCUT2D eigenvalue weighted by atomic mass is 10.1. The van der Waals surface area contributed by atoms with Gasteiger partial charge in [-0.05, 0) is 58.0 Å². The van der Waals surface area contributed by atoms with Crippen molar-refractivity contribution in [3.8, 4) is 0 Å². The molecule has 0 spiro atoms. The summed E-state index contributed by atoms with van der Waals surface area (Å²) in [6.07, 6.45) is 0. The highest BCUT2D eigenvalue weighted by atomic mass is 35.5. The highest BCUT2D eigenvalue weighted by molar-refractivity contribution is 6.31. The lowest BCUT2D eigenvalue weighted by molar-refractivity contribution is -0.117. The predicted molar refractivity (Wildman–Crippen MR) is 106 cm³/mol. The minimum Gasteiger partial charge on any atom is -0.324 e. The number of benzene rings is 2. The van der Waals surface area contributed by atoms with Gasteiger partial charge in [-0.25, -0.2) is 4.68 Å². The van der Waals surface area contributed by atoms with Gasteiger partial charge in [0.15, 0.2) is 0 Å². The van der Waals surface area contributed by atoms with E-state index in [-0.39, 0.29) is 18.0 Å². The molecule has 2 aromatic carbocycles. The summed E-state index contributed by atoms with van der Waals surface area (Å²) in [5.74, 6) is -0.205. The lowest BCUT2D eigenvalue weighted by Crippen LogP contribution is -2.38. The van der Waals surface area contributed by atoms with E-state index < -0.39 is 5.54 Å². The third kappa shape index (κ3) is 3.53. The Morgan fingerprint density at radius 3 is 2.38 bits per heavy atom. The maximum atomic E-state index is 12.9. The Kier molecular flexibility index (Phi) is 4.67. The van der Waals surface area contributed by atoms with Crippen LogP contribution < -0.4 is 10.9 Å². The molecular formula is C20H22ClN3O2. The van der Waals surface area contributed by atoms with Crippen LogP contribution in [0.3, 0.4) is 0 Å². The number of aryl methyl sites for hydroxylation is 1. The first kappa shape index (κ1) is 18.3. The average molecular weight is 372 g/mol. The molecule has 3 rings (SSSR count). The summed E-state index contributed by atoms with van der Waals surface area (Å²) in [6, 6.07) is 12.7. The molecule has 3 aromatic rings. The van der Waals surface area contributed by atoms with Crippen LogP contribution in [-0.2, 0) is 16.9 Å². The number of nitrogens with zero attached hydrogens (tertiary/aromatic N) is 2. The minimum absolute atomic E-state index is 0.0181. The lowest BCUT2D eigenvalue weighted by Gasteiger charge is -2.24. The molecule has 0 radical (unpaired) electrons. The van der Waals surface area contributed by atoms with Gasteiger partial charge in [-0.15, -0.1) is 0 Å². The maximum absolute atomic E-state index is 12.9. The van der Waals surface area contributed by atoms with Gasteiger partial charge in [-0.1, -0.05) is 29.3 Å². The molecule has 0 saturated carbocycles. The van der Waals surface area contributed by atoms with Gasteiger partial charge in [0.2, 0.25) is 5.91 Å². The molecule has 0 aliphatic rings. The van der Waals surface area contributed by atoms with E-state index in [1.54, 1.807) is 27.6 Å². The Bertz CT molecular complexity index is 1020. The Balaban J connectivity index is 2.03. The summed E-state index contributed by atoms with van der Waals surface area (Å²) in [7, 11) is 0.